The highest BCUT2D eigenvalue weighted by Crippen LogP contribution is 2.41. The summed E-state index contributed by atoms with van der Waals surface area (Å²) in [4.78, 5) is 22.9. The second-order valence-corrected chi connectivity index (χ2v) is 7.62. The summed E-state index contributed by atoms with van der Waals surface area (Å²) in [6, 6.07) is 7.01. The molecule has 1 saturated carbocycles. The first-order chi connectivity index (χ1) is 11.3. The van der Waals surface area contributed by atoms with Crippen LogP contribution in [0.1, 0.15) is 40.0 Å². The molecule has 1 fully saturated rings. The van der Waals surface area contributed by atoms with Crippen LogP contribution >= 0.6 is 0 Å². The van der Waals surface area contributed by atoms with E-state index in [0.717, 1.165) is 19.3 Å². The minimum Gasteiger partial charge on any atom is -0.418 e. The van der Waals surface area contributed by atoms with Gasteiger partial charge in [0.1, 0.15) is 11.3 Å². The van der Waals surface area contributed by atoms with E-state index in [2.05, 4.69) is 26.1 Å². The molecule has 0 aliphatic heterocycles. The van der Waals surface area contributed by atoms with Gasteiger partial charge in [0.2, 0.25) is 0 Å². The van der Waals surface area contributed by atoms with Crippen molar-refractivity contribution in [1.82, 2.24) is 0 Å². The van der Waals surface area contributed by atoms with Crippen molar-refractivity contribution in [3.8, 4) is 0 Å². The van der Waals surface area contributed by atoms with Crippen LogP contribution in [0.5, 0.6) is 0 Å². The third kappa shape index (κ3) is 3.13. The predicted octanol–water partition coefficient (Wildman–Crippen LogP) is 4.33. The number of hydrogen-bond donors (Lipinski definition) is 1. The first-order valence-electron chi connectivity index (χ1n) is 8.23. The molecule has 3 rings (SSSR count). The highest BCUT2D eigenvalue weighted by Gasteiger charge is 2.34. The lowest BCUT2D eigenvalue weighted by molar-refractivity contribution is -0.386. The van der Waals surface area contributed by atoms with E-state index in [9.17, 15) is 14.9 Å². The Hall–Kier alpha value is -2.37. The van der Waals surface area contributed by atoms with Gasteiger partial charge in [0.15, 0.2) is 0 Å². The van der Waals surface area contributed by atoms with E-state index < -0.39 is 16.2 Å². The Morgan fingerprint density at radius 2 is 2.00 bits per heavy atom. The van der Waals surface area contributed by atoms with Gasteiger partial charge in [-0.2, -0.15) is 0 Å². The molecule has 1 aliphatic carbocycles. The van der Waals surface area contributed by atoms with Crippen molar-refractivity contribution in [1.29, 1.82) is 0 Å². The van der Waals surface area contributed by atoms with Crippen LogP contribution in [-0.4, -0.2) is 11.0 Å². The van der Waals surface area contributed by atoms with Gasteiger partial charge in [0.05, 0.1) is 4.92 Å². The fourth-order valence-corrected chi connectivity index (χ4v) is 4.11. The highest BCUT2D eigenvalue weighted by molar-refractivity contribution is 5.94. The molecule has 1 N–H and O–H groups in total. The fourth-order valence-electron chi connectivity index (χ4n) is 4.11. The second kappa shape index (κ2) is 5.92. The first kappa shape index (κ1) is 16.5. The largest absolute Gasteiger partial charge is 0.418 e. The van der Waals surface area contributed by atoms with Gasteiger partial charge < -0.3 is 9.73 Å². The summed E-state index contributed by atoms with van der Waals surface area (Å²) in [5.41, 5.74) is -0.617. The molecule has 0 radical (unpaired) electrons. The maximum absolute atomic E-state index is 12.1. The molecule has 0 amide bonds. The number of nitro groups is 1. The Morgan fingerprint density at radius 3 is 2.67 bits per heavy atom. The van der Waals surface area contributed by atoms with E-state index >= 15 is 0 Å². The van der Waals surface area contributed by atoms with Crippen LogP contribution in [0, 0.1) is 21.4 Å². The summed E-state index contributed by atoms with van der Waals surface area (Å²) < 4.78 is 5.11. The van der Waals surface area contributed by atoms with Crippen molar-refractivity contribution in [2.75, 3.05) is 5.32 Å². The third-order valence-electron chi connectivity index (χ3n) is 4.71. The molecule has 0 unspecified atom stereocenters. The van der Waals surface area contributed by atoms with Gasteiger partial charge in [-0.3, -0.25) is 10.1 Å². The summed E-state index contributed by atoms with van der Waals surface area (Å²) in [5, 5.41) is 15.3. The molecule has 2 atom stereocenters. The SMILES string of the molecule is C[C@H]1C[C@@H](Nc2c([N+](=O)[O-])c(=O)oc3ccccc23)CC(C)(C)C1. The number of nitrogens with zero attached hydrogens (tertiary/aromatic N) is 1. The van der Waals surface area contributed by atoms with Crippen molar-refractivity contribution >= 4 is 22.3 Å². The average molecular weight is 330 g/mol. The predicted molar refractivity (Wildman–Crippen MR) is 93.3 cm³/mol. The number of nitrogens with one attached hydrogen (secondary N) is 1. The Balaban J connectivity index is 2.09. The number of para-hydroxylation sites is 1. The van der Waals surface area contributed by atoms with Gasteiger partial charge >= 0.3 is 11.3 Å². The molecule has 6 nitrogen and oxygen atoms in total. The molecule has 0 bridgehead atoms. The Kier molecular flexibility index (Phi) is 4.07. The molecule has 6 heteroatoms. The molecule has 1 aromatic carbocycles. The van der Waals surface area contributed by atoms with Crippen LogP contribution in [0.25, 0.3) is 11.0 Å². The number of fused-ring (bicyclic) bond motifs is 1. The quantitative estimate of drug-likeness (QED) is 0.514. The molecule has 2 aromatic rings. The van der Waals surface area contributed by atoms with Crippen molar-refractivity contribution < 1.29 is 9.34 Å². The molecular formula is C18H22N2O4. The van der Waals surface area contributed by atoms with Crippen LogP contribution < -0.4 is 10.9 Å². The molecule has 1 aromatic heterocycles. The molecule has 1 heterocycles. The summed E-state index contributed by atoms with van der Waals surface area (Å²) in [7, 11) is 0. The molecule has 1 aliphatic rings. The van der Waals surface area contributed by atoms with E-state index in [1.807, 2.05) is 0 Å². The maximum Gasteiger partial charge on any atom is 0.417 e. The third-order valence-corrected chi connectivity index (χ3v) is 4.71. The highest BCUT2D eigenvalue weighted by atomic mass is 16.6. The minimum atomic E-state index is -0.913. The molecule has 128 valence electrons. The first-order valence-corrected chi connectivity index (χ1v) is 8.23. The number of rotatable bonds is 3. The van der Waals surface area contributed by atoms with Crippen molar-refractivity contribution in [3.63, 3.8) is 0 Å². The van der Waals surface area contributed by atoms with Crippen molar-refractivity contribution in [2.45, 2.75) is 46.1 Å². The zero-order valence-corrected chi connectivity index (χ0v) is 14.2. The molecule has 0 saturated heterocycles. The van der Waals surface area contributed by atoms with Gasteiger partial charge in [0.25, 0.3) is 0 Å². The molecule has 0 spiro atoms. The lowest BCUT2D eigenvalue weighted by Gasteiger charge is -2.39. The normalized spacial score (nSPS) is 23.1. The fraction of sp³-hybridized carbons (Fsp3) is 0.500. The van der Waals surface area contributed by atoms with Gasteiger partial charge in [-0.05, 0) is 42.7 Å². The Morgan fingerprint density at radius 1 is 1.29 bits per heavy atom. The van der Waals surface area contributed by atoms with E-state index in [0.29, 0.717) is 16.9 Å². The molecular weight excluding hydrogens is 308 g/mol. The van der Waals surface area contributed by atoms with E-state index in [1.54, 1.807) is 24.3 Å². The van der Waals surface area contributed by atoms with E-state index in [1.165, 1.54) is 0 Å². The smallest absolute Gasteiger partial charge is 0.417 e. The standard InChI is InChI=1S/C18H22N2O4/c1-11-8-12(10-18(2,3)9-11)19-15-13-6-4-5-7-14(13)24-17(21)16(15)20(22)23/h4-7,11-12,19H,8-10H2,1-3H3/t11-,12+/m0/s1. The summed E-state index contributed by atoms with van der Waals surface area (Å²) in [6.45, 7) is 6.62. The van der Waals surface area contributed by atoms with Crippen LogP contribution in [-0.2, 0) is 0 Å². The summed E-state index contributed by atoms with van der Waals surface area (Å²) in [5.74, 6) is 0.525. The van der Waals surface area contributed by atoms with E-state index in [4.69, 9.17) is 4.42 Å². The molecule has 24 heavy (non-hydrogen) atoms. The van der Waals surface area contributed by atoms with Crippen LogP contribution in [0.15, 0.2) is 33.5 Å². The lowest BCUT2D eigenvalue weighted by atomic mass is 9.70. The van der Waals surface area contributed by atoms with Crippen LogP contribution in [0.3, 0.4) is 0 Å². The van der Waals surface area contributed by atoms with Crippen LogP contribution in [0.2, 0.25) is 0 Å². The van der Waals surface area contributed by atoms with Crippen molar-refractivity contribution in [2.24, 2.45) is 11.3 Å². The second-order valence-electron chi connectivity index (χ2n) is 7.62. The van der Waals surface area contributed by atoms with Gasteiger partial charge in [0, 0.05) is 11.4 Å². The average Bonchev–Trinajstić information content (AvgIpc) is 2.44. The van der Waals surface area contributed by atoms with Gasteiger partial charge in [-0.15, -0.1) is 0 Å². The lowest BCUT2D eigenvalue weighted by Crippen LogP contribution is -2.36. The Labute approximate surface area is 140 Å². The Bertz CT molecular complexity index is 841. The van der Waals surface area contributed by atoms with Gasteiger partial charge in [-0.25, -0.2) is 4.79 Å². The zero-order valence-electron chi connectivity index (χ0n) is 14.2. The summed E-state index contributed by atoms with van der Waals surface area (Å²) in [6.07, 6.45) is 2.96. The number of anilines is 1. The van der Waals surface area contributed by atoms with E-state index in [-0.39, 0.29) is 17.1 Å². The minimum absolute atomic E-state index is 0.0904. The van der Waals surface area contributed by atoms with Crippen molar-refractivity contribution in [3.05, 3.63) is 44.8 Å². The topological polar surface area (TPSA) is 85.4 Å². The monoisotopic (exact) mass is 330 g/mol. The van der Waals surface area contributed by atoms with Crippen LogP contribution in [0.4, 0.5) is 11.4 Å². The number of hydrogen-bond acceptors (Lipinski definition) is 5. The van der Waals surface area contributed by atoms with Gasteiger partial charge in [-0.1, -0.05) is 32.9 Å². The number of benzene rings is 1. The summed E-state index contributed by atoms with van der Waals surface area (Å²) >= 11 is 0. The maximum atomic E-state index is 12.1. The zero-order chi connectivity index (χ0) is 17.5.